The van der Waals surface area contributed by atoms with Crippen molar-refractivity contribution in [3.05, 3.63) is 33.8 Å². The van der Waals surface area contributed by atoms with Gasteiger partial charge in [-0.15, -0.1) is 0 Å². The van der Waals surface area contributed by atoms with Gasteiger partial charge >= 0.3 is 0 Å². The second-order valence-electron chi connectivity index (χ2n) is 2.05. The maximum absolute atomic E-state index is 12.7. The Morgan fingerprint density at radius 1 is 1.58 bits per heavy atom. The zero-order valence-electron chi connectivity index (χ0n) is 6.27. The Hall–Kier alpha value is -1.08. The maximum atomic E-state index is 12.7. The van der Waals surface area contributed by atoms with Gasteiger partial charge in [0, 0.05) is 6.07 Å². The molecule has 0 atom stereocenters. The fourth-order valence-corrected chi connectivity index (χ4v) is 1.26. The Morgan fingerprint density at radius 2 is 2.25 bits per heavy atom. The molecule has 12 heavy (non-hydrogen) atoms. The van der Waals surface area contributed by atoms with E-state index in [1.165, 1.54) is 13.2 Å². The first-order valence-electron chi connectivity index (χ1n) is 3.09. The van der Waals surface area contributed by atoms with Crippen molar-refractivity contribution in [3.8, 4) is 5.75 Å². The summed E-state index contributed by atoms with van der Waals surface area (Å²) < 4.78 is 18.1. The molecule has 0 saturated heterocycles. The molecule has 0 bridgehead atoms. The summed E-state index contributed by atoms with van der Waals surface area (Å²) in [4.78, 5) is 3.12. The fraction of sp³-hybridized carbons (Fsp3) is 0.125. The normalized spacial score (nSPS) is 9.17. The molecule has 0 spiro atoms. The van der Waals surface area contributed by atoms with Crippen LogP contribution in [0.1, 0.15) is 0 Å². The van der Waals surface area contributed by atoms with Gasteiger partial charge in [-0.2, -0.15) is 0 Å². The van der Waals surface area contributed by atoms with E-state index in [2.05, 4.69) is 20.8 Å². The van der Waals surface area contributed by atoms with Crippen molar-refractivity contribution in [1.29, 1.82) is 0 Å². The average Bonchev–Trinajstić information content (AvgIpc) is 2.08. The number of hydrogen-bond acceptors (Lipinski definition) is 1. The molecule has 0 unspecified atom stereocenters. The topological polar surface area (TPSA) is 13.6 Å². The molecule has 4 heteroatoms. The van der Waals surface area contributed by atoms with Crippen molar-refractivity contribution in [2.24, 2.45) is 0 Å². The number of ether oxygens (including phenoxy) is 1. The van der Waals surface area contributed by atoms with E-state index in [4.69, 9.17) is 11.3 Å². The first kappa shape index (κ1) is 9.01. The van der Waals surface area contributed by atoms with E-state index in [0.717, 1.165) is 6.07 Å². The fourth-order valence-electron chi connectivity index (χ4n) is 0.780. The number of rotatable bonds is 1. The summed E-state index contributed by atoms with van der Waals surface area (Å²) in [5, 5.41) is 0. The van der Waals surface area contributed by atoms with Crippen molar-refractivity contribution >= 4 is 21.6 Å². The van der Waals surface area contributed by atoms with Crippen LogP contribution in [0, 0.1) is 12.4 Å². The third-order valence-electron chi connectivity index (χ3n) is 1.33. The van der Waals surface area contributed by atoms with Crippen LogP contribution in [0.15, 0.2) is 16.6 Å². The predicted octanol–water partition coefficient (Wildman–Crippen LogP) is 3.15. The highest BCUT2D eigenvalue weighted by atomic mass is 79.9. The van der Waals surface area contributed by atoms with Crippen LogP contribution in [-0.2, 0) is 0 Å². The first-order chi connectivity index (χ1) is 5.69. The Morgan fingerprint density at radius 3 is 2.75 bits per heavy atom. The van der Waals surface area contributed by atoms with Gasteiger partial charge in [-0.05, 0) is 6.07 Å². The molecule has 0 N–H and O–H groups in total. The Bertz CT molecular complexity index is 346. The highest BCUT2D eigenvalue weighted by Gasteiger charge is 2.08. The Labute approximate surface area is 77.9 Å². The molecule has 1 rings (SSSR count). The highest BCUT2D eigenvalue weighted by molar-refractivity contribution is 9.10. The zero-order valence-corrected chi connectivity index (χ0v) is 7.85. The number of hydrogen-bond donors (Lipinski definition) is 0. The van der Waals surface area contributed by atoms with Crippen LogP contribution in [0.4, 0.5) is 10.1 Å². The van der Waals surface area contributed by atoms with Crippen molar-refractivity contribution in [1.82, 2.24) is 0 Å². The van der Waals surface area contributed by atoms with Gasteiger partial charge in [0.25, 0.3) is 0 Å². The molecule has 0 heterocycles. The van der Waals surface area contributed by atoms with Gasteiger partial charge in [-0.25, -0.2) is 9.24 Å². The van der Waals surface area contributed by atoms with E-state index in [-0.39, 0.29) is 5.69 Å². The van der Waals surface area contributed by atoms with Crippen LogP contribution in [0.5, 0.6) is 5.75 Å². The molecule has 0 aliphatic rings. The van der Waals surface area contributed by atoms with E-state index in [0.29, 0.717) is 10.2 Å². The quantitative estimate of drug-likeness (QED) is 0.675. The summed E-state index contributed by atoms with van der Waals surface area (Å²) in [5.74, 6) is -0.137. The number of methoxy groups -OCH3 is 1. The van der Waals surface area contributed by atoms with Crippen LogP contribution in [-0.4, -0.2) is 7.11 Å². The van der Waals surface area contributed by atoms with Crippen molar-refractivity contribution in [3.63, 3.8) is 0 Å². The highest BCUT2D eigenvalue weighted by Crippen LogP contribution is 2.35. The summed E-state index contributed by atoms with van der Waals surface area (Å²) in [6.07, 6.45) is 0. The molecule has 1 aromatic carbocycles. The Kier molecular flexibility index (Phi) is 2.66. The smallest absolute Gasteiger partial charge is 0.207 e. The lowest BCUT2D eigenvalue weighted by Crippen LogP contribution is -1.85. The monoisotopic (exact) mass is 229 g/mol. The summed E-state index contributed by atoms with van der Waals surface area (Å²) in [7, 11) is 1.42. The zero-order chi connectivity index (χ0) is 9.14. The molecule has 0 fully saturated rings. The van der Waals surface area contributed by atoms with Gasteiger partial charge in [0.15, 0.2) is 0 Å². The SMILES string of the molecule is [C-]#[N+]c1cc(F)cc(OC)c1Br. The van der Waals surface area contributed by atoms with E-state index in [1.807, 2.05) is 0 Å². The van der Waals surface area contributed by atoms with Gasteiger partial charge < -0.3 is 4.74 Å². The van der Waals surface area contributed by atoms with Crippen molar-refractivity contribution in [2.75, 3.05) is 7.11 Å². The average molecular weight is 230 g/mol. The molecule has 62 valence electrons. The largest absolute Gasteiger partial charge is 0.497 e. The molecule has 2 nitrogen and oxygen atoms in total. The number of benzene rings is 1. The van der Waals surface area contributed by atoms with Crippen LogP contribution < -0.4 is 4.74 Å². The van der Waals surface area contributed by atoms with Crippen LogP contribution in [0.25, 0.3) is 4.85 Å². The second kappa shape index (κ2) is 3.55. The maximum Gasteiger partial charge on any atom is 0.207 e. The van der Waals surface area contributed by atoms with Gasteiger partial charge in [0.1, 0.15) is 11.6 Å². The summed E-state index contributed by atoms with van der Waals surface area (Å²) in [6.45, 7) is 6.73. The molecule has 1 aromatic rings. The van der Waals surface area contributed by atoms with Gasteiger partial charge in [0.05, 0.1) is 18.2 Å². The van der Waals surface area contributed by atoms with Crippen molar-refractivity contribution in [2.45, 2.75) is 0 Å². The summed E-state index contributed by atoms with van der Waals surface area (Å²) in [6, 6.07) is 2.37. The third kappa shape index (κ3) is 1.56. The first-order valence-corrected chi connectivity index (χ1v) is 3.89. The molecule has 0 amide bonds. The minimum atomic E-state index is -0.471. The predicted molar refractivity (Wildman–Crippen MR) is 46.9 cm³/mol. The minimum Gasteiger partial charge on any atom is -0.497 e. The Balaban J connectivity index is 3.34. The standard InChI is InChI=1S/C8H5BrFNO/c1-11-6-3-5(10)4-7(12-2)8(6)9/h3-4H,2H3. The van der Waals surface area contributed by atoms with Gasteiger partial charge in [0.2, 0.25) is 5.69 Å². The third-order valence-corrected chi connectivity index (χ3v) is 2.12. The van der Waals surface area contributed by atoms with E-state index >= 15 is 0 Å². The summed E-state index contributed by atoms with van der Waals surface area (Å²) in [5.41, 5.74) is 0.215. The molecular weight excluding hydrogens is 225 g/mol. The minimum absolute atomic E-state index is 0.215. The second-order valence-corrected chi connectivity index (χ2v) is 2.85. The lowest BCUT2D eigenvalue weighted by Gasteiger charge is -2.03. The molecule has 0 aliphatic carbocycles. The number of halogens is 2. The molecular formula is C8H5BrFNO. The van der Waals surface area contributed by atoms with E-state index in [9.17, 15) is 4.39 Å². The van der Waals surface area contributed by atoms with E-state index in [1.54, 1.807) is 0 Å². The van der Waals surface area contributed by atoms with E-state index < -0.39 is 5.82 Å². The lowest BCUT2D eigenvalue weighted by atomic mass is 10.3. The van der Waals surface area contributed by atoms with Crippen LogP contribution in [0.3, 0.4) is 0 Å². The molecule has 0 saturated carbocycles. The molecule has 0 aromatic heterocycles. The van der Waals surface area contributed by atoms with Crippen molar-refractivity contribution < 1.29 is 9.13 Å². The molecule has 0 radical (unpaired) electrons. The van der Waals surface area contributed by atoms with Crippen LogP contribution >= 0.6 is 15.9 Å². The van der Waals surface area contributed by atoms with Gasteiger partial charge in [-0.3, -0.25) is 0 Å². The van der Waals surface area contributed by atoms with Gasteiger partial charge in [-0.1, -0.05) is 15.9 Å². The number of nitrogens with zero attached hydrogens (tertiary/aromatic N) is 1. The lowest BCUT2D eigenvalue weighted by molar-refractivity contribution is 0.409. The summed E-state index contributed by atoms with van der Waals surface area (Å²) >= 11 is 3.13. The molecule has 0 aliphatic heterocycles. The van der Waals surface area contributed by atoms with Crippen LogP contribution in [0.2, 0.25) is 0 Å².